The number of hydrogen-bond acceptors (Lipinski definition) is 6. The Bertz CT molecular complexity index is 813. The number of tetrazole rings is 1. The molecule has 1 aliphatic rings. The molecule has 3 aromatic rings. The predicted octanol–water partition coefficient (Wildman–Crippen LogP) is 0.632. The fourth-order valence-electron chi connectivity index (χ4n) is 2.99. The van der Waals surface area contributed by atoms with E-state index in [4.69, 9.17) is 0 Å². The highest BCUT2D eigenvalue weighted by molar-refractivity contribution is 5.95. The largest absolute Gasteiger partial charge is 0.336 e. The van der Waals surface area contributed by atoms with E-state index in [0.717, 1.165) is 30.8 Å². The minimum atomic E-state index is -0.0686. The topological polar surface area (TPSA) is 107 Å². The van der Waals surface area contributed by atoms with E-state index in [1.54, 1.807) is 15.6 Å². The van der Waals surface area contributed by atoms with E-state index in [1.165, 1.54) is 6.33 Å². The highest BCUT2D eigenvalue weighted by Crippen LogP contribution is 2.24. The lowest BCUT2D eigenvalue weighted by Gasteiger charge is -2.23. The van der Waals surface area contributed by atoms with Crippen molar-refractivity contribution in [3.05, 3.63) is 43.0 Å². The van der Waals surface area contributed by atoms with E-state index >= 15 is 0 Å². The van der Waals surface area contributed by atoms with Gasteiger partial charge in [0, 0.05) is 25.0 Å². The molecular formula is C15H17N9O. The molecule has 3 heterocycles. The fraction of sp³-hybridized carbons (Fsp3) is 0.333. The van der Waals surface area contributed by atoms with Gasteiger partial charge in [0.2, 0.25) is 0 Å². The Morgan fingerprint density at radius 2 is 1.96 bits per heavy atom. The summed E-state index contributed by atoms with van der Waals surface area (Å²) in [5.41, 5.74) is 1.70. The molecule has 0 saturated carbocycles. The van der Waals surface area contributed by atoms with E-state index in [0.29, 0.717) is 6.54 Å². The number of anilines is 1. The smallest absolute Gasteiger partial charge is 0.322 e. The number of aromatic nitrogens is 7. The molecule has 2 aromatic heterocycles. The Kier molecular flexibility index (Phi) is 4.07. The lowest BCUT2D eigenvalue weighted by Crippen LogP contribution is -2.34. The van der Waals surface area contributed by atoms with Crippen LogP contribution < -0.4 is 10.2 Å². The quantitative estimate of drug-likeness (QED) is 0.706. The van der Waals surface area contributed by atoms with Crippen LogP contribution >= 0.6 is 0 Å². The third kappa shape index (κ3) is 3.18. The van der Waals surface area contributed by atoms with Crippen LogP contribution in [0.25, 0.3) is 5.69 Å². The molecule has 0 bridgehead atoms. The van der Waals surface area contributed by atoms with Gasteiger partial charge < -0.3 is 5.32 Å². The van der Waals surface area contributed by atoms with Gasteiger partial charge in [-0.05, 0) is 47.5 Å². The number of carbonyl (C=O) groups is 1. The molecule has 25 heavy (non-hydrogen) atoms. The van der Waals surface area contributed by atoms with Crippen molar-refractivity contribution in [2.75, 3.05) is 11.4 Å². The highest BCUT2D eigenvalue weighted by atomic mass is 16.2. The van der Waals surface area contributed by atoms with Crippen molar-refractivity contribution in [3.63, 3.8) is 0 Å². The first-order valence-corrected chi connectivity index (χ1v) is 8.06. The van der Waals surface area contributed by atoms with Crippen LogP contribution in [0.1, 0.15) is 12.8 Å². The molecule has 1 N–H and O–H groups in total. The van der Waals surface area contributed by atoms with E-state index in [2.05, 4.69) is 31.2 Å². The first-order valence-electron chi connectivity index (χ1n) is 8.06. The van der Waals surface area contributed by atoms with E-state index < -0.39 is 0 Å². The summed E-state index contributed by atoms with van der Waals surface area (Å²) >= 11 is 0. The fourth-order valence-corrected chi connectivity index (χ4v) is 2.99. The zero-order chi connectivity index (χ0) is 17.1. The Morgan fingerprint density at radius 1 is 1.12 bits per heavy atom. The van der Waals surface area contributed by atoms with Gasteiger partial charge in [-0.25, -0.2) is 9.48 Å². The van der Waals surface area contributed by atoms with Gasteiger partial charge in [0.05, 0.1) is 17.9 Å². The monoisotopic (exact) mass is 339 g/mol. The zero-order valence-corrected chi connectivity index (χ0v) is 13.4. The van der Waals surface area contributed by atoms with Crippen LogP contribution in [0.3, 0.4) is 0 Å². The average molecular weight is 339 g/mol. The molecule has 10 nitrogen and oxygen atoms in total. The normalized spacial score (nSPS) is 17.0. The van der Waals surface area contributed by atoms with Gasteiger partial charge in [-0.3, -0.25) is 9.58 Å². The standard InChI is InChI=1S/C15H17N9O/c25-15-16-10-14(2-1-8-22-9-7-17-20-22)24(15)13-5-3-12(4-6-13)23-11-18-19-21-23/h3-7,9,11,14H,1-2,8,10H2,(H,16,25). The first-order chi connectivity index (χ1) is 12.3. The van der Waals surface area contributed by atoms with Gasteiger partial charge >= 0.3 is 6.03 Å². The molecule has 10 heteroatoms. The Morgan fingerprint density at radius 3 is 2.68 bits per heavy atom. The summed E-state index contributed by atoms with van der Waals surface area (Å²) in [5.74, 6) is 0. The molecule has 2 amide bonds. The van der Waals surface area contributed by atoms with Crippen molar-refractivity contribution >= 4 is 11.7 Å². The van der Waals surface area contributed by atoms with Crippen LogP contribution in [0, 0.1) is 0 Å². The number of nitrogens with zero attached hydrogens (tertiary/aromatic N) is 8. The van der Waals surface area contributed by atoms with Crippen LogP contribution in [-0.2, 0) is 6.54 Å². The number of nitrogens with one attached hydrogen (secondary N) is 1. The lowest BCUT2D eigenvalue weighted by molar-refractivity contribution is 0.251. The minimum Gasteiger partial charge on any atom is -0.336 e. The molecule has 1 unspecified atom stereocenters. The van der Waals surface area contributed by atoms with Gasteiger partial charge in [0.1, 0.15) is 6.33 Å². The maximum atomic E-state index is 12.2. The van der Waals surface area contributed by atoms with Gasteiger partial charge in [-0.1, -0.05) is 5.21 Å². The average Bonchev–Trinajstić information content (AvgIpc) is 3.37. The number of benzene rings is 1. The van der Waals surface area contributed by atoms with Crippen molar-refractivity contribution in [3.8, 4) is 5.69 Å². The molecular weight excluding hydrogens is 322 g/mol. The molecule has 1 aromatic carbocycles. The summed E-state index contributed by atoms with van der Waals surface area (Å²) in [4.78, 5) is 14.1. The summed E-state index contributed by atoms with van der Waals surface area (Å²) in [6.07, 6.45) is 6.84. The van der Waals surface area contributed by atoms with E-state index in [9.17, 15) is 4.79 Å². The molecule has 0 aliphatic carbocycles. The third-order valence-electron chi connectivity index (χ3n) is 4.21. The van der Waals surface area contributed by atoms with Crippen molar-refractivity contribution < 1.29 is 4.79 Å². The Labute approximate surface area is 143 Å². The maximum absolute atomic E-state index is 12.2. The minimum absolute atomic E-state index is 0.0686. The predicted molar refractivity (Wildman–Crippen MR) is 88.1 cm³/mol. The number of aryl methyl sites for hydroxylation is 1. The molecule has 128 valence electrons. The van der Waals surface area contributed by atoms with Crippen molar-refractivity contribution in [2.45, 2.75) is 25.4 Å². The molecule has 1 aliphatic heterocycles. The summed E-state index contributed by atoms with van der Waals surface area (Å²) < 4.78 is 3.37. The summed E-state index contributed by atoms with van der Waals surface area (Å²) in [7, 11) is 0. The second-order valence-electron chi connectivity index (χ2n) is 5.79. The second kappa shape index (κ2) is 6.67. The summed E-state index contributed by atoms with van der Waals surface area (Å²) in [5, 5.41) is 21.8. The summed E-state index contributed by atoms with van der Waals surface area (Å²) in [6, 6.07) is 7.66. The van der Waals surface area contributed by atoms with Crippen LogP contribution in [0.5, 0.6) is 0 Å². The number of urea groups is 1. The van der Waals surface area contributed by atoms with Crippen molar-refractivity contribution in [1.82, 2.24) is 40.5 Å². The zero-order valence-electron chi connectivity index (χ0n) is 13.4. The van der Waals surface area contributed by atoms with Crippen LogP contribution in [-0.4, -0.2) is 53.8 Å². The summed E-state index contributed by atoms with van der Waals surface area (Å²) in [6.45, 7) is 1.43. The molecule has 4 rings (SSSR count). The molecule has 1 atom stereocenters. The van der Waals surface area contributed by atoms with E-state index in [-0.39, 0.29) is 12.1 Å². The van der Waals surface area contributed by atoms with Crippen LogP contribution in [0.2, 0.25) is 0 Å². The molecule has 1 fully saturated rings. The number of carbonyl (C=O) groups excluding carboxylic acids is 1. The lowest BCUT2D eigenvalue weighted by atomic mass is 10.1. The van der Waals surface area contributed by atoms with Crippen molar-refractivity contribution in [1.29, 1.82) is 0 Å². The molecule has 0 spiro atoms. The van der Waals surface area contributed by atoms with Gasteiger partial charge in [0.15, 0.2) is 0 Å². The van der Waals surface area contributed by atoms with Gasteiger partial charge in [-0.15, -0.1) is 10.2 Å². The van der Waals surface area contributed by atoms with Crippen LogP contribution in [0.15, 0.2) is 43.0 Å². The second-order valence-corrected chi connectivity index (χ2v) is 5.79. The number of hydrogen-bond donors (Lipinski definition) is 1. The highest BCUT2D eigenvalue weighted by Gasteiger charge is 2.31. The van der Waals surface area contributed by atoms with Crippen molar-refractivity contribution in [2.24, 2.45) is 0 Å². The third-order valence-corrected chi connectivity index (χ3v) is 4.21. The van der Waals surface area contributed by atoms with E-state index in [1.807, 2.05) is 35.4 Å². The Hall–Kier alpha value is -3.30. The first kappa shape index (κ1) is 15.2. The van der Waals surface area contributed by atoms with Crippen LogP contribution in [0.4, 0.5) is 10.5 Å². The van der Waals surface area contributed by atoms with Gasteiger partial charge in [0.25, 0.3) is 0 Å². The molecule has 1 saturated heterocycles. The molecule has 0 radical (unpaired) electrons. The Balaban J connectivity index is 1.44. The maximum Gasteiger partial charge on any atom is 0.322 e. The van der Waals surface area contributed by atoms with Gasteiger partial charge in [-0.2, -0.15) is 0 Å². The SMILES string of the molecule is O=C1NCC(CCCn2ccnn2)N1c1ccc(-n2cnnn2)cc1. The number of rotatable bonds is 6. The number of amides is 2.